The third-order valence-electron chi connectivity index (χ3n) is 3.47. The standard InChI is InChI=1S/C18H22FNO/c1-3-20-13-15-6-9-18(19)17(12-15)16-7-4-14(5-8-16)10-11-21-2/h4-9,12,20H,3,10-11,13H2,1-2H3. The van der Waals surface area contributed by atoms with Crippen LogP contribution in [0.4, 0.5) is 4.39 Å². The third-order valence-corrected chi connectivity index (χ3v) is 3.47. The van der Waals surface area contributed by atoms with Crippen LogP contribution in [0, 0.1) is 5.82 Å². The van der Waals surface area contributed by atoms with Crippen LogP contribution in [0.1, 0.15) is 18.1 Å². The van der Waals surface area contributed by atoms with E-state index in [4.69, 9.17) is 4.74 Å². The van der Waals surface area contributed by atoms with Crippen molar-refractivity contribution in [1.29, 1.82) is 0 Å². The van der Waals surface area contributed by atoms with Crippen LogP contribution in [0.15, 0.2) is 42.5 Å². The minimum atomic E-state index is -0.181. The molecule has 2 aromatic carbocycles. The highest BCUT2D eigenvalue weighted by molar-refractivity contribution is 5.65. The van der Waals surface area contributed by atoms with Crippen LogP contribution < -0.4 is 5.32 Å². The molecule has 0 heterocycles. The van der Waals surface area contributed by atoms with E-state index in [2.05, 4.69) is 12.2 Å². The Morgan fingerprint density at radius 2 is 1.76 bits per heavy atom. The van der Waals surface area contributed by atoms with Crippen LogP contribution in [-0.4, -0.2) is 20.3 Å². The normalized spacial score (nSPS) is 10.8. The predicted molar refractivity (Wildman–Crippen MR) is 84.8 cm³/mol. The van der Waals surface area contributed by atoms with Gasteiger partial charge in [0, 0.05) is 19.2 Å². The molecule has 0 atom stereocenters. The molecule has 0 aromatic heterocycles. The van der Waals surface area contributed by atoms with Crippen molar-refractivity contribution >= 4 is 0 Å². The SMILES string of the molecule is CCNCc1ccc(F)c(-c2ccc(CCOC)cc2)c1. The number of hydrogen-bond donors (Lipinski definition) is 1. The molecule has 1 N–H and O–H groups in total. The molecule has 112 valence electrons. The lowest BCUT2D eigenvalue weighted by Gasteiger charge is -2.09. The average Bonchev–Trinajstić information content (AvgIpc) is 2.53. The van der Waals surface area contributed by atoms with Crippen LogP contribution in [0.25, 0.3) is 11.1 Å². The van der Waals surface area contributed by atoms with Crippen LogP contribution in [0.2, 0.25) is 0 Å². The fourth-order valence-corrected chi connectivity index (χ4v) is 2.24. The molecular weight excluding hydrogens is 265 g/mol. The molecule has 0 saturated carbocycles. The first-order chi connectivity index (χ1) is 10.2. The molecule has 0 saturated heterocycles. The van der Waals surface area contributed by atoms with E-state index < -0.39 is 0 Å². The van der Waals surface area contributed by atoms with Gasteiger partial charge in [0.25, 0.3) is 0 Å². The summed E-state index contributed by atoms with van der Waals surface area (Å²) in [5.74, 6) is -0.181. The maximum atomic E-state index is 14.0. The fraction of sp³-hybridized carbons (Fsp3) is 0.333. The Labute approximate surface area is 126 Å². The summed E-state index contributed by atoms with van der Waals surface area (Å²) in [5, 5.41) is 3.26. The third kappa shape index (κ3) is 4.38. The first kappa shape index (κ1) is 15.7. The number of nitrogens with one attached hydrogen (secondary N) is 1. The molecule has 21 heavy (non-hydrogen) atoms. The van der Waals surface area contributed by atoms with Crippen LogP contribution in [0.3, 0.4) is 0 Å². The Hall–Kier alpha value is -1.71. The van der Waals surface area contributed by atoms with Crippen molar-refractivity contribution in [2.24, 2.45) is 0 Å². The van der Waals surface area contributed by atoms with Crippen molar-refractivity contribution < 1.29 is 9.13 Å². The quantitative estimate of drug-likeness (QED) is 0.836. The molecule has 0 aliphatic rings. The predicted octanol–water partition coefficient (Wildman–Crippen LogP) is 3.79. The summed E-state index contributed by atoms with van der Waals surface area (Å²) >= 11 is 0. The highest BCUT2D eigenvalue weighted by atomic mass is 19.1. The molecule has 0 aliphatic carbocycles. The highest BCUT2D eigenvalue weighted by Crippen LogP contribution is 2.24. The Bertz CT molecular complexity index is 566. The largest absolute Gasteiger partial charge is 0.384 e. The summed E-state index contributed by atoms with van der Waals surface area (Å²) < 4.78 is 19.1. The van der Waals surface area contributed by atoms with Crippen molar-refractivity contribution in [3.05, 3.63) is 59.4 Å². The van der Waals surface area contributed by atoms with Gasteiger partial charge in [-0.25, -0.2) is 4.39 Å². The van der Waals surface area contributed by atoms with E-state index in [1.165, 1.54) is 5.56 Å². The number of ether oxygens (including phenoxy) is 1. The average molecular weight is 287 g/mol. The van der Waals surface area contributed by atoms with Crippen molar-refractivity contribution in [2.45, 2.75) is 19.9 Å². The smallest absolute Gasteiger partial charge is 0.131 e. The zero-order valence-electron chi connectivity index (χ0n) is 12.7. The molecule has 0 bridgehead atoms. The van der Waals surface area contributed by atoms with E-state index in [0.717, 1.165) is 30.6 Å². The number of methoxy groups -OCH3 is 1. The Balaban J connectivity index is 2.19. The Kier molecular flexibility index (Phi) is 5.90. The van der Waals surface area contributed by atoms with E-state index in [9.17, 15) is 4.39 Å². The lowest BCUT2D eigenvalue weighted by Crippen LogP contribution is -2.11. The van der Waals surface area contributed by atoms with Gasteiger partial charge in [0.15, 0.2) is 0 Å². The number of benzene rings is 2. The number of halogens is 1. The summed E-state index contributed by atoms with van der Waals surface area (Å²) in [6.45, 7) is 4.42. The molecule has 0 radical (unpaired) electrons. The van der Waals surface area contributed by atoms with Gasteiger partial charge in [0.2, 0.25) is 0 Å². The Morgan fingerprint density at radius 3 is 2.43 bits per heavy atom. The van der Waals surface area contributed by atoms with Crippen LogP contribution >= 0.6 is 0 Å². The molecule has 0 amide bonds. The van der Waals surface area contributed by atoms with Crippen molar-refractivity contribution in [1.82, 2.24) is 5.32 Å². The van der Waals surface area contributed by atoms with Gasteiger partial charge in [-0.1, -0.05) is 37.3 Å². The van der Waals surface area contributed by atoms with E-state index in [1.54, 1.807) is 13.2 Å². The lowest BCUT2D eigenvalue weighted by molar-refractivity contribution is 0.202. The number of rotatable bonds is 7. The monoisotopic (exact) mass is 287 g/mol. The second-order valence-electron chi connectivity index (χ2n) is 5.03. The molecule has 0 fully saturated rings. The van der Waals surface area contributed by atoms with Gasteiger partial charge in [-0.2, -0.15) is 0 Å². The van der Waals surface area contributed by atoms with E-state index >= 15 is 0 Å². The van der Waals surface area contributed by atoms with E-state index in [0.29, 0.717) is 12.2 Å². The summed E-state index contributed by atoms with van der Waals surface area (Å²) in [7, 11) is 1.69. The molecule has 2 rings (SSSR count). The minimum Gasteiger partial charge on any atom is -0.384 e. The van der Waals surface area contributed by atoms with Crippen LogP contribution in [0.5, 0.6) is 0 Å². The van der Waals surface area contributed by atoms with E-state index in [-0.39, 0.29) is 5.82 Å². The summed E-state index contributed by atoms with van der Waals surface area (Å²) in [6, 6.07) is 13.3. The maximum absolute atomic E-state index is 14.0. The molecule has 2 nitrogen and oxygen atoms in total. The van der Waals surface area contributed by atoms with Gasteiger partial charge < -0.3 is 10.1 Å². The van der Waals surface area contributed by atoms with Gasteiger partial charge in [-0.15, -0.1) is 0 Å². The van der Waals surface area contributed by atoms with Gasteiger partial charge in [-0.3, -0.25) is 0 Å². The molecule has 3 heteroatoms. The van der Waals surface area contributed by atoms with Gasteiger partial charge >= 0.3 is 0 Å². The molecular formula is C18H22FNO. The summed E-state index contributed by atoms with van der Waals surface area (Å²) in [5.41, 5.74) is 3.86. The van der Waals surface area contributed by atoms with Gasteiger partial charge in [-0.05, 0) is 41.8 Å². The highest BCUT2D eigenvalue weighted by Gasteiger charge is 2.06. The van der Waals surface area contributed by atoms with Crippen molar-refractivity contribution in [3.8, 4) is 11.1 Å². The molecule has 2 aromatic rings. The first-order valence-corrected chi connectivity index (χ1v) is 7.32. The Morgan fingerprint density at radius 1 is 1.05 bits per heavy atom. The zero-order chi connectivity index (χ0) is 15.1. The maximum Gasteiger partial charge on any atom is 0.131 e. The summed E-state index contributed by atoms with van der Waals surface area (Å²) in [4.78, 5) is 0. The van der Waals surface area contributed by atoms with Crippen molar-refractivity contribution in [2.75, 3.05) is 20.3 Å². The van der Waals surface area contributed by atoms with Gasteiger partial charge in [0.1, 0.15) is 5.82 Å². The molecule has 0 unspecified atom stereocenters. The first-order valence-electron chi connectivity index (χ1n) is 7.32. The van der Waals surface area contributed by atoms with Crippen molar-refractivity contribution in [3.63, 3.8) is 0 Å². The van der Waals surface area contributed by atoms with E-state index in [1.807, 2.05) is 36.4 Å². The molecule has 0 spiro atoms. The zero-order valence-corrected chi connectivity index (χ0v) is 12.7. The molecule has 0 aliphatic heterocycles. The number of hydrogen-bond acceptors (Lipinski definition) is 2. The van der Waals surface area contributed by atoms with Crippen LogP contribution in [-0.2, 0) is 17.7 Å². The summed E-state index contributed by atoms with van der Waals surface area (Å²) in [6.07, 6.45) is 0.875. The second-order valence-corrected chi connectivity index (χ2v) is 5.03. The fourth-order valence-electron chi connectivity index (χ4n) is 2.24. The van der Waals surface area contributed by atoms with Gasteiger partial charge in [0.05, 0.1) is 6.61 Å². The minimum absolute atomic E-state index is 0.181. The second kappa shape index (κ2) is 7.91. The lowest BCUT2D eigenvalue weighted by atomic mass is 10.0. The topological polar surface area (TPSA) is 21.3 Å².